The first kappa shape index (κ1) is 10.5. The van der Waals surface area contributed by atoms with Gasteiger partial charge in [-0.25, -0.2) is 13.2 Å². The Balaban J connectivity index is 2.33. The molecule has 82 valence electrons. The first-order chi connectivity index (χ1) is 7.68. The van der Waals surface area contributed by atoms with Crippen molar-refractivity contribution in [2.24, 2.45) is 0 Å². The molecule has 0 saturated heterocycles. The number of hydrogen-bond acceptors (Lipinski definition) is 2. The van der Waals surface area contributed by atoms with Crippen molar-refractivity contribution in [3.05, 3.63) is 54.1 Å². The average Bonchev–Trinajstić information content (AvgIpc) is 2.31. The summed E-state index contributed by atoms with van der Waals surface area (Å²) in [6.45, 7) is 0. The summed E-state index contributed by atoms with van der Waals surface area (Å²) in [5, 5.41) is 2.60. The molecule has 5 heteroatoms. The molecule has 0 atom stereocenters. The molecule has 1 aromatic heterocycles. The molecule has 0 fully saturated rings. The predicted molar refractivity (Wildman–Crippen MR) is 53.8 cm³/mol. The van der Waals surface area contributed by atoms with Crippen LogP contribution < -0.4 is 5.32 Å². The highest BCUT2D eigenvalue weighted by atomic mass is 19.2. The fourth-order valence-electron chi connectivity index (χ4n) is 1.21. The lowest BCUT2D eigenvalue weighted by Crippen LogP contribution is -1.98. The highest BCUT2D eigenvalue weighted by Gasteiger charge is 2.13. The van der Waals surface area contributed by atoms with Crippen LogP contribution >= 0.6 is 0 Å². The molecule has 0 amide bonds. The third kappa shape index (κ3) is 1.98. The molecule has 0 saturated carbocycles. The van der Waals surface area contributed by atoms with Crippen LogP contribution in [-0.4, -0.2) is 4.98 Å². The van der Waals surface area contributed by atoms with E-state index in [-0.39, 0.29) is 5.69 Å². The summed E-state index contributed by atoms with van der Waals surface area (Å²) in [5.41, 5.74) is 0.360. The quantitative estimate of drug-likeness (QED) is 0.792. The first-order valence-electron chi connectivity index (χ1n) is 4.49. The molecule has 0 aliphatic heterocycles. The van der Waals surface area contributed by atoms with Crippen molar-refractivity contribution in [1.82, 2.24) is 4.98 Å². The van der Waals surface area contributed by atoms with Gasteiger partial charge in [-0.15, -0.1) is 0 Å². The summed E-state index contributed by atoms with van der Waals surface area (Å²) in [7, 11) is 0. The second kappa shape index (κ2) is 4.22. The number of hydrogen-bond donors (Lipinski definition) is 1. The molecular weight excluding hydrogens is 217 g/mol. The van der Waals surface area contributed by atoms with Crippen LogP contribution in [0.25, 0.3) is 0 Å². The topological polar surface area (TPSA) is 24.9 Å². The van der Waals surface area contributed by atoms with Crippen molar-refractivity contribution in [3.8, 4) is 0 Å². The normalized spacial score (nSPS) is 10.2. The summed E-state index contributed by atoms with van der Waals surface area (Å²) in [6.07, 6.45) is 2.99. The third-order valence-electron chi connectivity index (χ3n) is 1.98. The van der Waals surface area contributed by atoms with Crippen LogP contribution in [0.4, 0.5) is 24.5 Å². The molecule has 0 bridgehead atoms. The van der Waals surface area contributed by atoms with Gasteiger partial charge in [-0.2, -0.15) is 0 Å². The van der Waals surface area contributed by atoms with Gasteiger partial charge < -0.3 is 5.32 Å². The van der Waals surface area contributed by atoms with Gasteiger partial charge in [0.25, 0.3) is 0 Å². The van der Waals surface area contributed by atoms with Gasteiger partial charge in [-0.1, -0.05) is 0 Å². The minimum Gasteiger partial charge on any atom is -0.352 e. The third-order valence-corrected chi connectivity index (χ3v) is 1.98. The van der Waals surface area contributed by atoms with E-state index in [1.807, 2.05) is 0 Å². The summed E-state index contributed by atoms with van der Waals surface area (Å²) >= 11 is 0. The molecule has 0 unspecified atom stereocenters. The standard InChI is InChI=1S/C11H7F3N2/c12-8-3-4-9(11(14)10(8)13)16-7-2-1-5-15-6-7/h1-6,16H. The minimum atomic E-state index is -1.49. The predicted octanol–water partition coefficient (Wildman–Crippen LogP) is 3.24. The lowest BCUT2D eigenvalue weighted by atomic mass is 10.2. The fourth-order valence-corrected chi connectivity index (χ4v) is 1.21. The Morgan fingerprint density at radius 3 is 2.50 bits per heavy atom. The maximum absolute atomic E-state index is 13.3. The number of nitrogens with zero attached hydrogens (tertiary/aromatic N) is 1. The Hall–Kier alpha value is -2.04. The van der Waals surface area contributed by atoms with Crippen molar-refractivity contribution in [2.75, 3.05) is 5.32 Å². The van der Waals surface area contributed by atoms with E-state index < -0.39 is 17.5 Å². The minimum absolute atomic E-state index is 0.132. The SMILES string of the molecule is Fc1ccc(Nc2cccnc2)c(F)c1F. The summed E-state index contributed by atoms with van der Waals surface area (Å²) in [5.74, 6) is -3.95. The van der Waals surface area contributed by atoms with E-state index in [4.69, 9.17) is 0 Å². The molecule has 0 spiro atoms. The maximum Gasteiger partial charge on any atom is 0.196 e. The van der Waals surface area contributed by atoms with E-state index in [9.17, 15) is 13.2 Å². The number of rotatable bonds is 2. The lowest BCUT2D eigenvalue weighted by Gasteiger charge is -2.07. The molecule has 2 aromatic rings. The Kier molecular flexibility index (Phi) is 2.76. The molecule has 2 rings (SSSR count). The highest BCUT2D eigenvalue weighted by Crippen LogP contribution is 2.22. The van der Waals surface area contributed by atoms with Crippen molar-refractivity contribution in [2.45, 2.75) is 0 Å². The smallest absolute Gasteiger partial charge is 0.196 e. The number of benzene rings is 1. The Morgan fingerprint density at radius 1 is 1.00 bits per heavy atom. The van der Waals surface area contributed by atoms with Crippen molar-refractivity contribution in [1.29, 1.82) is 0 Å². The summed E-state index contributed by atoms with van der Waals surface area (Å²) in [4.78, 5) is 3.80. The van der Waals surface area contributed by atoms with Gasteiger partial charge in [-0.05, 0) is 24.3 Å². The zero-order valence-corrected chi connectivity index (χ0v) is 8.05. The largest absolute Gasteiger partial charge is 0.352 e. The Labute approximate surface area is 89.8 Å². The van der Waals surface area contributed by atoms with Gasteiger partial charge in [0, 0.05) is 6.20 Å². The van der Waals surface area contributed by atoms with Crippen LogP contribution in [0, 0.1) is 17.5 Å². The van der Waals surface area contributed by atoms with E-state index >= 15 is 0 Å². The van der Waals surface area contributed by atoms with E-state index in [1.165, 1.54) is 6.20 Å². The molecule has 2 nitrogen and oxygen atoms in total. The van der Waals surface area contributed by atoms with Crippen LogP contribution in [0.1, 0.15) is 0 Å². The van der Waals surface area contributed by atoms with Crippen molar-refractivity contribution < 1.29 is 13.2 Å². The van der Waals surface area contributed by atoms with Gasteiger partial charge in [0.15, 0.2) is 17.5 Å². The summed E-state index contributed by atoms with van der Waals surface area (Å²) < 4.78 is 38.8. The van der Waals surface area contributed by atoms with Gasteiger partial charge in [0.1, 0.15) is 0 Å². The second-order valence-electron chi connectivity index (χ2n) is 3.09. The molecule has 0 radical (unpaired) electrons. The molecule has 1 N–H and O–H groups in total. The lowest BCUT2D eigenvalue weighted by molar-refractivity contribution is 0.449. The monoisotopic (exact) mass is 224 g/mol. The Bertz CT molecular complexity index is 500. The maximum atomic E-state index is 13.3. The average molecular weight is 224 g/mol. The van der Waals surface area contributed by atoms with E-state index in [0.717, 1.165) is 12.1 Å². The molecule has 16 heavy (non-hydrogen) atoms. The zero-order valence-electron chi connectivity index (χ0n) is 8.05. The Morgan fingerprint density at radius 2 is 1.81 bits per heavy atom. The van der Waals surface area contributed by atoms with Gasteiger partial charge in [0.05, 0.1) is 17.6 Å². The number of aromatic nitrogens is 1. The van der Waals surface area contributed by atoms with Crippen molar-refractivity contribution in [3.63, 3.8) is 0 Å². The second-order valence-corrected chi connectivity index (χ2v) is 3.09. The number of anilines is 2. The van der Waals surface area contributed by atoms with E-state index in [1.54, 1.807) is 18.3 Å². The first-order valence-corrected chi connectivity index (χ1v) is 4.49. The number of nitrogens with one attached hydrogen (secondary N) is 1. The molecule has 1 heterocycles. The van der Waals surface area contributed by atoms with Crippen LogP contribution in [-0.2, 0) is 0 Å². The van der Waals surface area contributed by atoms with Crippen LogP contribution in [0.5, 0.6) is 0 Å². The van der Waals surface area contributed by atoms with E-state index in [0.29, 0.717) is 5.69 Å². The van der Waals surface area contributed by atoms with Crippen LogP contribution in [0.15, 0.2) is 36.7 Å². The molecule has 1 aromatic carbocycles. The van der Waals surface area contributed by atoms with Crippen molar-refractivity contribution >= 4 is 11.4 Å². The van der Waals surface area contributed by atoms with Gasteiger partial charge in [0.2, 0.25) is 0 Å². The molecule has 0 aliphatic rings. The van der Waals surface area contributed by atoms with Crippen LogP contribution in [0.2, 0.25) is 0 Å². The molecular formula is C11H7F3N2. The fraction of sp³-hybridized carbons (Fsp3) is 0. The number of halogens is 3. The zero-order chi connectivity index (χ0) is 11.5. The highest BCUT2D eigenvalue weighted by molar-refractivity contribution is 5.59. The van der Waals surface area contributed by atoms with Gasteiger partial charge in [-0.3, -0.25) is 4.98 Å². The van der Waals surface area contributed by atoms with E-state index in [2.05, 4.69) is 10.3 Å². The number of pyridine rings is 1. The molecule has 0 aliphatic carbocycles. The summed E-state index contributed by atoms with van der Waals surface area (Å²) in [6, 6.07) is 5.26. The van der Waals surface area contributed by atoms with Crippen LogP contribution in [0.3, 0.4) is 0 Å². The van der Waals surface area contributed by atoms with Gasteiger partial charge >= 0.3 is 0 Å².